The van der Waals surface area contributed by atoms with Gasteiger partial charge in [-0.2, -0.15) is 0 Å². The lowest BCUT2D eigenvalue weighted by atomic mass is 9.83. The molecule has 5 aromatic rings. The standard InChI is InChI=1S/C34H24BrFN2O2S/c35-25-14-11-23(12-15-25)32-28-18-13-22-5-1-3-7-27(22)31(28)37-34-38(32)33(39)30(41-34)19-21-9-16-26(17-10-21)40-20-24-6-2-4-8-29(24)36/h1-12,14-17,19,32H,13,18,20H2/b30-19-/t32-/m1/s1. The molecule has 1 aliphatic heterocycles. The van der Waals surface area contributed by atoms with Crippen molar-refractivity contribution in [1.29, 1.82) is 0 Å². The number of aryl methyl sites for hydroxylation is 1. The van der Waals surface area contributed by atoms with Crippen molar-refractivity contribution in [2.24, 2.45) is 4.99 Å². The summed E-state index contributed by atoms with van der Waals surface area (Å²) in [6.45, 7) is 0.147. The van der Waals surface area contributed by atoms with Gasteiger partial charge in [-0.3, -0.25) is 9.36 Å². The third-order valence-electron chi connectivity index (χ3n) is 7.59. The van der Waals surface area contributed by atoms with Gasteiger partial charge in [0.2, 0.25) is 0 Å². The Morgan fingerprint density at radius 3 is 2.51 bits per heavy atom. The highest BCUT2D eigenvalue weighted by Gasteiger charge is 2.32. The Balaban J connectivity index is 1.27. The van der Waals surface area contributed by atoms with Crippen LogP contribution in [0.2, 0.25) is 0 Å². The summed E-state index contributed by atoms with van der Waals surface area (Å²) >= 11 is 4.96. The summed E-state index contributed by atoms with van der Waals surface area (Å²) < 4.78 is 23.2. The predicted octanol–water partition coefficient (Wildman–Crippen LogP) is 6.80. The molecule has 2 aliphatic rings. The molecule has 41 heavy (non-hydrogen) atoms. The maximum atomic E-state index is 13.9. The molecule has 0 unspecified atom stereocenters. The largest absolute Gasteiger partial charge is 0.489 e. The molecule has 2 heterocycles. The van der Waals surface area contributed by atoms with Crippen LogP contribution in [-0.4, -0.2) is 4.57 Å². The minimum absolute atomic E-state index is 0.0491. The molecule has 0 N–H and O–H groups in total. The predicted molar refractivity (Wildman–Crippen MR) is 164 cm³/mol. The van der Waals surface area contributed by atoms with E-state index < -0.39 is 0 Å². The van der Waals surface area contributed by atoms with Crippen molar-refractivity contribution in [2.45, 2.75) is 25.5 Å². The van der Waals surface area contributed by atoms with E-state index in [1.807, 2.05) is 47.0 Å². The first-order chi connectivity index (χ1) is 20.0. The molecule has 1 aromatic heterocycles. The van der Waals surface area contributed by atoms with Crippen LogP contribution in [0.25, 0.3) is 11.8 Å². The number of halogens is 2. The fourth-order valence-electron chi connectivity index (χ4n) is 5.56. The lowest BCUT2D eigenvalue weighted by Crippen LogP contribution is -2.38. The number of hydrogen-bond donors (Lipinski definition) is 0. The van der Waals surface area contributed by atoms with Gasteiger partial charge in [0.25, 0.3) is 5.56 Å². The van der Waals surface area contributed by atoms with Gasteiger partial charge in [-0.25, -0.2) is 9.38 Å². The van der Waals surface area contributed by atoms with Gasteiger partial charge in [-0.1, -0.05) is 94.0 Å². The normalized spacial score (nSPS) is 16.0. The van der Waals surface area contributed by atoms with E-state index in [-0.39, 0.29) is 24.0 Å². The van der Waals surface area contributed by atoms with Gasteiger partial charge in [-0.05, 0) is 71.5 Å². The van der Waals surface area contributed by atoms with E-state index in [2.05, 4.69) is 52.3 Å². The lowest BCUT2D eigenvalue weighted by molar-refractivity contribution is 0.300. The zero-order valence-electron chi connectivity index (χ0n) is 21.9. The monoisotopic (exact) mass is 622 g/mol. The summed E-state index contributed by atoms with van der Waals surface area (Å²) in [5.74, 6) is 0.347. The number of hydrogen-bond acceptors (Lipinski definition) is 4. The number of thiazole rings is 1. The smallest absolute Gasteiger partial charge is 0.271 e. The molecule has 0 radical (unpaired) electrons. The number of fused-ring (bicyclic) bond motifs is 3. The molecule has 0 bridgehead atoms. The second-order valence-corrected chi connectivity index (χ2v) is 12.0. The first kappa shape index (κ1) is 25.9. The first-order valence-electron chi connectivity index (χ1n) is 13.4. The summed E-state index contributed by atoms with van der Waals surface area (Å²) in [6.07, 6.45) is 3.68. The summed E-state index contributed by atoms with van der Waals surface area (Å²) in [6, 6.07) is 30.5. The van der Waals surface area contributed by atoms with Crippen LogP contribution in [0.3, 0.4) is 0 Å². The molecular formula is C34H24BrFN2O2S. The SMILES string of the molecule is O=c1/c(=C/c2ccc(OCc3ccccc3F)cc2)sc2n1[C@H](c1ccc(Br)cc1)C1=C(N=2)c2ccccc2CC1. The van der Waals surface area contributed by atoms with Crippen LogP contribution in [0.1, 0.15) is 40.3 Å². The maximum Gasteiger partial charge on any atom is 0.271 e. The molecule has 0 amide bonds. The third-order valence-corrected chi connectivity index (χ3v) is 9.10. The van der Waals surface area contributed by atoms with E-state index in [0.717, 1.165) is 39.7 Å². The zero-order valence-corrected chi connectivity index (χ0v) is 24.3. The molecular weight excluding hydrogens is 599 g/mol. The number of rotatable bonds is 5. The van der Waals surface area contributed by atoms with Crippen LogP contribution in [-0.2, 0) is 13.0 Å². The van der Waals surface area contributed by atoms with Crippen molar-refractivity contribution in [3.05, 3.63) is 160 Å². The third kappa shape index (κ3) is 4.89. The van der Waals surface area contributed by atoms with Crippen LogP contribution in [0.5, 0.6) is 5.75 Å². The van der Waals surface area contributed by atoms with Crippen LogP contribution >= 0.6 is 27.3 Å². The molecule has 0 spiro atoms. The van der Waals surface area contributed by atoms with E-state index in [1.165, 1.54) is 28.5 Å². The van der Waals surface area contributed by atoms with Crippen molar-refractivity contribution in [1.82, 2.24) is 4.57 Å². The van der Waals surface area contributed by atoms with Crippen LogP contribution in [0.15, 0.2) is 117 Å². The van der Waals surface area contributed by atoms with Gasteiger partial charge in [-0.15, -0.1) is 0 Å². The van der Waals surface area contributed by atoms with Gasteiger partial charge in [0.05, 0.1) is 16.3 Å². The Bertz CT molecular complexity index is 1990. The van der Waals surface area contributed by atoms with Gasteiger partial charge < -0.3 is 4.74 Å². The van der Waals surface area contributed by atoms with Crippen molar-refractivity contribution < 1.29 is 9.13 Å². The summed E-state index contributed by atoms with van der Waals surface area (Å²) in [5.41, 5.74) is 7.02. The molecule has 4 aromatic carbocycles. The Morgan fingerprint density at radius 2 is 1.71 bits per heavy atom. The van der Waals surface area contributed by atoms with Crippen molar-refractivity contribution in [3.8, 4) is 5.75 Å². The Morgan fingerprint density at radius 1 is 0.951 bits per heavy atom. The Kier molecular flexibility index (Phi) is 6.77. The van der Waals surface area contributed by atoms with Crippen LogP contribution < -0.4 is 19.6 Å². The Hall–Kier alpha value is -4.07. The summed E-state index contributed by atoms with van der Waals surface area (Å²) in [5, 5.41) is 0. The van der Waals surface area contributed by atoms with Gasteiger partial charge in [0.1, 0.15) is 18.2 Å². The molecule has 0 saturated heterocycles. The van der Waals surface area contributed by atoms with Crippen LogP contribution in [0, 0.1) is 5.82 Å². The highest BCUT2D eigenvalue weighted by Crippen LogP contribution is 2.41. The highest BCUT2D eigenvalue weighted by atomic mass is 79.9. The maximum absolute atomic E-state index is 13.9. The molecule has 0 fully saturated rings. The van der Waals surface area contributed by atoms with Gasteiger partial charge >= 0.3 is 0 Å². The number of ether oxygens (including phenoxy) is 1. The second-order valence-electron chi connectivity index (χ2n) is 10.1. The second kappa shape index (κ2) is 10.7. The minimum atomic E-state index is -0.286. The number of aromatic nitrogens is 1. The fourth-order valence-corrected chi connectivity index (χ4v) is 6.82. The van der Waals surface area contributed by atoms with E-state index in [1.54, 1.807) is 18.2 Å². The minimum Gasteiger partial charge on any atom is -0.489 e. The molecule has 202 valence electrons. The molecule has 0 saturated carbocycles. The van der Waals surface area contributed by atoms with Crippen molar-refractivity contribution >= 4 is 39.0 Å². The van der Waals surface area contributed by atoms with Gasteiger partial charge in [0, 0.05) is 15.6 Å². The first-order valence-corrected chi connectivity index (χ1v) is 15.0. The van der Waals surface area contributed by atoms with E-state index in [4.69, 9.17) is 9.73 Å². The van der Waals surface area contributed by atoms with Gasteiger partial charge in [0.15, 0.2) is 4.80 Å². The van der Waals surface area contributed by atoms with E-state index in [0.29, 0.717) is 20.6 Å². The van der Waals surface area contributed by atoms with Crippen LogP contribution in [0.4, 0.5) is 4.39 Å². The summed E-state index contributed by atoms with van der Waals surface area (Å²) in [7, 11) is 0. The zero-order chi connectivity index (χ0) is 27.9. The number of allylic oxidation sites excluding steroid dienone is 1. The fraction of sp³-hybridized carbons (Fsp3) is 0.118. The average Bonchev–Trinajstić information content (AvgIpc) is 3.31. The number of nitrogens with zero attached hydrogens (tertiary/aromatic N) is 2. The van der Waals surface area contributed by atoms with E-state index in [9.17, 15) is 9.18 Å². The van der Waals surface area contributed by atoms with E-state index >= 15 is 0 Å². The molecule has 7 heteroatoms. The van der Waals surface area contributed by atoms with Crippen molar-refractivity contribution in [2.75, 3.05) is 0 Å². The Labute approximate surface area is 248 Å². The topological polar surface area (TPSA) is 43.6 Å². The highest BCUT2D eigenvalue weighted by molar-refractivity contribution is 9.10. The molecule has 1 aliphatic carbocycles. The average molecular weight is 624 g/mol. The molecule has 7 rings (SSSR count). The molecule has 1 atom stereocenters. The quantitative estimate of drug-likeness (QED) is 0.216. The number of benzene rings is 4. The lowest BCUT2D eigenvalue weighted by Gasteiger charge is -2.30. The van der Waals surface area contributed by atoms with Crippen molar-refractivity contribution in [3.63, 3.8) is 0 Å². The molecule has 4 nitrogen and oxygen atoms in total. The summed E-state index contributed by atoms with van der Waals surface area (Å²) in [4.78, 5) is 19.7.